The first-order valence-electron chi connectivity index (χ1n) is 7.31. The summed E-state index contributed by atoms with van der Waals surface area (Å²) in [6.45, 7) is 0.618. The third-order valence-corrected chi connectivity index (χ3v) is 3.15. The molecule has 24 heavy (non-hydrogen) atoms. The van der Waals surface area contributed by atoms with E-state index in [4.69, 9.17) is 9.47 Å². The third kappa shape index (κ3) is 5.42. The van der Waals surface area contributed by atoms with Crippen molar-refractivity contribution in [2.75, 3.05) is 20.3 Å². The van der Waals surface area contributed by atoms with Gasteiger partial charge in [0.05, 0.1) is 13.7 Å². The van der Waals surface area contributed by atoms with Crippen LogP contribution in [0, 0.1) is 11.6 Å². The Bertz CT molecular complexity index is 678. The Labute approximate surface area is 138 Å². The summed E-state index contributed by atoms with van der Waals surface area (Å²) in [7, 11) is 1.58. The maximum Gasteiger partial charge on any atom is 0.315 e. The third-order valence-electron chi connectivity index (χ3n) is 3.15. The monoisotopic (exact) mass is 336 g/mol. The largest absolute Gasteiger partial charge is 0.497 e. The molecule has 2 rings (SSSR count). The summed E-state index contributed by atoms with van der Waals surface area (Å²) in [4.78, 5) is 11.6. The predicted octanol–water partition coefficient (Wildman–Crippen LogP) is 2.85. The molecule has 5 nitrogen and oxygen atoms in total. The summed E-state index contributed by atoms with van der Waals surface area (Å²) in [6.07, 6.45) is 0. The molecule has 0 aromatic heterocycles. The molecule has 0 radical (unpaired) electrons. The SMILES string of the molecule is COc1ccc(CNC(=O)NCCOc2ccc(F)cc2F)cc1. The fourth-order valence-corrected chi connectivity index (χ4v) is 1.91. The fraction of sp³-hybridized carbons (Fsp3) is 0.235. The summed E-state index contributed by atoms with van der Waals surface area (Å²) in [6, 6.07) is 9.99. The molecule has 0 spiro atoms. The van der Waals surface area contributed by atoms with E-state index < -0.39 is 11.6 Å². The van der Waals surface area contributed by atoms with Gasteiger partial charge in [0, 0.05) is 12.6 Å². The zero-order valence-electron chi connectivity index (χ0n) is 13.1. The van der Waals surface area contributed by atoms with Gasteiger partial charge in [-0.15, -0.1) is 0 Å². The Morgan fingerprint density at radius 1 is 1.08 bits per heavy atom. The molecule has 0 unspecified atom stereocenters. The van der Waals surface area contributed by atoms with E-state index in [9.17, 15) is 13.6 Å². The lowest BCUT2D eigenvalue weighted by atomic mass is 10.2. The van der Waals surface area contributed by atoms with E-state index in [1.54, 1.807) is 19.2 Å². The van der Waals surface area contributed by atoms with Crippen molar-refractivity contribution in [1.82, 2.24) is 10.6 Å². The van der Waals surface area contributed by atoms with Gasteiger partial charge in [-0.05, 0) is 29.8 Å². The van der Waals surface area contributed by atoms with Crippen LogP contribution in [0.25, 0.3) is 0 Å². The van der Waals surface area contributed by atoms with Gasteiger partial charge in [-0.25, -0.2) is 13.6 Å². The molecule has 0 saturated carbocycles. The van der Waals surface area contributed by atoms with Crippen molar-refractivity contribution in [1.29, 1.82) is 0 Å². The van der Waals surface area contributed by atoms with Crippen LogP contribution in [0.3, 0.4) is 0 Å². The van der Waals surface area contributed by atoms with Crippen LogP contribution in [0.15, 0.2) is 42.5 Å². The molecule has 2 aromatic carbocycles. The molecule has 128 valence electrons. The number of urea groups is 1. The highest BCUT2D eigenvalue weighted by atomic mass is 19.1. The van der Waals surface area contributed by atoms with E-state index in [1.807, 2.05) is 12.1 Å². The molecular weight excluding hydrogens is 318 g/mol. The Balaban J connectivity index is 1.65. The number of carbonyl (C=O) groups is 1. The molecule has 7 heteroatoms. The number of hydrogen-bond donors (Lipinski definition) is 2. The number of hydrogen-bond acceptors (Lipinski definition) is 3. The number of rotatable bonds is 7. The van der Waals surface area contributed by atoms with E-state index in [0.717, 1.165) is 23.4 Å². The lowest BCUT2D eigenvalue weighted by molar-refractivity contribution is 0.235. The van der Waals surface area contributed by atoms with E-state index in [0.29, 0.717) is 6.54 Å². The zero-order chi connectivity index (χ0) is 17.4. The Kier molecular flexibility index (Phi) is 6.36. The average molecular weight is 336 g/mol. The first kappa shape index (κ1) is 17.5. The molecular formula is C17H18F2N2O3. The van der Waals surface area contributed by atoms with Crippen LogP contribution >= 0.6 is 0 Å². The molecule has 0 aliphatic rings. The lowest BCUT2D eigenvalue weighted by Crippen LogP contribution is -2.37. The van der Waals surface area contributed by atoms with Gasteiger partial charge < -0.3 is 20.1 Å². The first-order chi connectivity index (χ1) is 11.6. The Morgan fingerprint density at radius 2 is 1.83 bits per heavy atom. The van der Waals surface area contributed by atoms with Gasteiger partial charge in [0.25, 0.3) is 0 Å². The molecule has 0 saturated heterocycles. The van der Waals surface area contributed by atoms with E-state index >= 15 is 0 Å². The van der Waals surface area contributed by atoms with Crippen molar-refractivity contribution in [3.05, 3.63) is 59.7 Å². The van der Waals surface area contributed by atoms with Crippen molar-refractivity contribution < 1.29 is 23.0 Å². The highest BCUT2D eigenvalue weighted by Crippen LogP contribution is 2.17. The summed E-state index contributed by atoms with van der Waals surface area (Å²) in [5, 5.41) is 5.26. The van der Waals surface area contributed by atoms with Crippen LogP contribution in [-0.4, -0.2) is 26.3 Å². The maximum atomic E-state index is 13.3. The number of methoxy groups -OCH3 is 1. The first-order valence-corrected chi connectivity index (χ1v) is 7.31. The number of halogens is 2. The van der Waals surface area contributed by atoms with Crippen LogP contribution in [-0.2, 0) is 6.54 Å². The number of benzene rings is 2. The van der Waals surface area contributed by atoms with Crippen molar-refractivity contribution in [2.45, 2.75) is 6.54 Å². The van der Waals surface area contributed by atoms with Gasteiger partial charge in [-0.2, -0.15) is 0 Å². The average Bonchev–Trinajstić information content (AvgIpc) is 2.59. The fourth-order valence-electron chi connectivity index (χ4n) is 1.91. The normalized spacial score (nSPS) is 10.1. The number of nitrogens with one attached hydrogen (secondary N) is 2. The van der Waals surface area contributed by atoms with Crippen LogP contribution in [0.1, 0.15) is 5.56 Å². The molecule has 2 N–H and O–H groups in total. The molecule has 0 atom stereocenters. The molecule has 0 fully saturated rings. The zero-order valence-corrected chi connectivity index (χ0v) is 13.1. The quantitative estimate of drug-likeness (QED) is 0.765. The minimum absolute atomic E-state index is 0.0585. The number of amides is 2. The molecule has 0 aliphatic carbocycles. The molecule has 2 amide bonds. The van der Waals surface area contributed by atoms with Crippen molar-refractivity contribution in [3.8, 4) is 11.5 Å². The smallest absolute Gasteiger partial charge is 0.315 e. The van der Waals surface area contributed by atoms with Crippen molar-refractivity contribution in [3.63, 3.8) is 0 Å². The Morgan fingerprint density at radius 3 is 2.50 bits per heavy atom. The molecule has 0 aliphatic heterocycles. The summed E-state index contributed by atoms with van der Waals surface area (Å²) < 4.78 is 36.2. The van der Waals surface area contributed by atoms with Gasteiger partial charge in [0.15, 0.2) is 11.6 Å². The van der Waals surface area contributed by atoms with Gasteiger partial charge in [-0.1, -0.05) is 12.1 Å². The number of ether oxygens (including phenoxy) is 2. The second-order valence-electron chi connectivity index (χ2n) is 4.88. The van der Waals surface area contributed by atoms with Crippen LogP contribution in [0.5, 0.6) is 11.5 Å². The van der Waals surface area contributed by atoms with Gasteiger partial charge >= 0.3 is 6.03 Å². The highest BCUT2D eigenvalue weighted by Gasteiger charge is 2.05. The van der Waals surface area contributed by atoms with Crippen LogP contribution < -0.4 is 20.1 Å². The maximum absolute atomic E-state index is 13.3. The minimum atomic E-state index is -0.779. The predicted molar refractivity (Wildman–Crippen MR) is 85.1 cm³/mol. The van der Waals surface area contributed by atoms with Crippen molar-refractivity contribution in [2.24, 2.45) is 0 Å². The molecule has 0 bridgehead atoms. The second-order valence-corrected chi connectivity index (χ2v) is 4.88. The second kappa shape index (κ2) is 8.71. The van der Waals surface area contributed by atoms with Gasteiger partial charge in [0.2, 0.25) is 0 Å². The standard InChI is InChI=1S/C17H18F2N2O3/c1-23-14-5-2-12(3-6-14)11-21-17(22)20-8-9-24-16-7-4-13(18)10-15(16)19/h2-7,10H,8-9,11H2,1H3,(H2,20,21,22). The summed E-state index contributed by atoms with van der Waals surface area (Å²) in [5.41, 5.74) is 0.926. The van der Waals surface area contributed by atoms with Crippen LogP contribution in [0.4, 0.5) is 13.6 Å². The highest BCUT2D eigenvalue weighted by molar-refractivity contribution is 5.73. The Hall–Kier alpha value is -2.83. The summed E-state index contributed by atoms with van der Waals surface area (Å²) in [5.74, 6) is -0.764. The number of carbonyl (C=O) groups excluding carboxylic acids is 1. The van der Waals surface area contributed by atoms with E-state index in [2.05, 4.69) is 10.6 Å². The van der Waals surface area contributed by atoms with E-state index in [1.165, 1.54) is 6.07 Å². The van der Waals surface area contributed by atoms with E-state index in [-0.39, 0.29) is 24.9 Å². The lowest BCUT2D eigenvalue weighted by Gasteiger charge is -2.10. The minimum Gasteiger partial charge on any atom is -0.497 e. The topological polar surface area (TPSA) is 59.6 Å². The summed E-state index contributed by atoms with van der Waals surface area (Å²) >= 11 is 0. The molecule has 2 aromatic rings. The van der Waals surface area contributed by atoms with Crippen LogP contribution in [0.2, 0.25) is 0 Å². The van der Waals surface area contributed by atoms with Gasteiger partial charge in [0.1, 0.15) is 18.2 Å². The van der Waals surface area contributed by atoms with Gasteiger partial charge in [-0.3, -0.25) is 0 Å². The molecule has 0 heterocycles. The van der Waals surface area contributed by atoms with Crippen molar-refractivity contribution >= 4 is 6.03 Å².